The summed E-state index contributed by atoms with van der Waals surface area (Å²) in [5.41, 5.74) is 1.31. The van der Waals surface area contributed by atoms with Gasteiger partial charge in [0.1, 0.15) is 0 Å². The Labute approximate surface area is 100 Å². The highest BCUT2D eigenvalue weighted by molar-refractivity contribution is 6.34. The van der Waals surface area contributed by atoms with Crippen molar-refractivity contribution in [2.75, 3.05) is 14.2 Å². The molecule has 0 radical (unpaired) electrons. The van der Waals surface area contributed by atoms with E-state index in [2.05, 4.69) is 0 Å². The highest BCUT2D eigenvalue weighted by Crippen LogP contribution is 2.38. The van der Waals surface area contributed by atoms with E-state index >= 15 is 0 Å². The third-order valence-corrected chi connectivity index (χ3v) is 2.72. The second-order valence-corrected chi connectivity index (χ2v) is 3.76. The maximum Gasteiger partial charge on any atom is 0.164 e. The van der Waals surface area contributed by atoms with Crippen molar-refractivity contribution in [1.82, 2.24) is 0 Å². The standard InChI is InChI=1S/C12H15ClO3/c1-5-8-11(7(2)14)9(13)6-10(15-3)12(8)16-4/h6H,5H2,1-4H3. The molecule has 1 aromatic carbocycles. The van der Waals surface area contributed by atoms with Gasteiger partial charge in [0.05, 0.1) is 19.2 Å². The molecule has 0 bridgehead atoms. The van der Waals surface area contributed by atoms with Crippen LogP contribution >= 0.6 is 11.6 Å². The summed E-state index contributed by atoms with van der Waals surface area (Å²) >= 11 is 6.06. The zero-order chi connectivity index (χ0) is 12.3. The molecule has 0 aromatic heterocycles. The first-order valence-electron chi connectivity index (χ1n) is 5.01. The van der Waals surface area contributed by atoms with Crippen molar-refractivity contribution in [3.8, 4) is 11.5 Å². The van der Waals surface area contributed by atoms with Crippen molar-refractivity contribution in [1.29, 1.82) is 0 Å². The summed E-state index contributed by atoms with van der Waals surface area (Å²) in [5.74, 6) is 1.07. The van der Waals surface area contributed by atoms with Crippen molar-refractivity contribution in [3.63, 3.8) is 0 Å². The van der Waals surface area contributed by atoms with Gasteiger partial charge in [0.2, 0.25) is 0 Å². The number of methoxy groups -OCH3 is 2. The van der Waals surface area contributed by atoms with Gasteiger partial charge in [-0.2, -0.15) is 0 Å². The summed E-state index contributed by atoms with van der Waals surface area (Å²) in [7, 11) is 3.09. The fourth-order valence-corrected chi connectivity index (χ4v) is 2.10. The molecule has 0 atom stereocenters. The number of carbonyl (C=O) groups is 1. The van der Waals surface area contributed by atoms with Gasteiger partial charge >= 0.3 is 0 Å². The number of benzene rings is 1. The Hall–Kier alpha value is -1.22. The van der Waals surface area contributed by atoms with Gasteiger partial charge in [0, 0.05) is 17.2 Å². The molecule has 0 spiro atoms. The molecular weight excluding hydrogens is 228 g/mol. The van der Waals surface area contributed by atoms with E-state index in [1.165, 1.54) is 6.92 Å². The van der Waals surface area contributed by atoms with Crippen molar-refractivity contribution in [2.45, 2.75) is 20.3 Å². The van der Waals surface area contributed by atoms with Crippen molar-refractivity contribution in [2.24, 2.45) is 0 Å². The largest absolute Gasteiger partial charge is 0.493 e. The summed E-state index contributed by atoms with van der Waals surface area (Å²) in [6.07, 6.45) is 0.662. The predicted octanol–water partition coefficient (Wildman–Crippen LogP) is 3.12. The van der Waals surface area contributed by atoms with E-state index in [9.17, 15) is 4.79 Å². The Balaban J connectivity index is 3.57. The zero-order valence-corrected chi connectivity index (χ0v) is 10.6. The molecule has 0 saturated heterocycles. The van der Waals surface area contributed by atoms with E-state index in [0.29, 0.717) is 28.5 Å². The van der Waals surface area contributed by atoms with Crippen LogP contribution in [0.25, 0.3) is 0 Å². The topological polar surface area (TPSA) is 35.5 Å². The van der Waals surface area contributed by atoms with Crippen LogP contribution in [0.3, 0.4) is 0 Å². The highest BCUT2D eigenvalue weighted by atomic mass is 35.5. The second kappa shape index (κ2) is 5.21. The van der Waals surface area contributed by atoms with Gasteiger partial charge < -0.3 is 9.47 Å². The van der Waals surface area contributed by atoms with Crippen LogP contribution in [0.2, 0.25) is 5.02 Å². The lowest BCUT2D eigenvalue weighted by molar-refractivity contribution is 0.101. The third-order valence-electron chi connectivity index (χ3n) is 2.43. The molecule has 1 rings (SSSR count). The molecule has 0 N–H and O–H groups in total. The SMILES string of the molecule is CCc1c(OC)c(OC)cc(Cl)c1C(C)=O. The summed E-state index contributed by atoms with van der Waals surface area (Å²) in [6.45, 7) is 3.44. The smallest absolute Gasteiger partial charge is 0.164 e. The van der Waals surface area contributed by atoms with Crippen LogP contribution in [-0.4, -0.2) is 20.0 Å². The van der Waals surface area contributed by atoms with Crippen LogP contribution in [0, 0.1) is 0 Å². The van der Waals surface area contributed by atoms with Crippen LogP contribution in [0.5, 0.6) is 11.5 Å². The predicted molar refractivity (Wildman–Crippen MR) is 63.9 cm³/mol. The summed E-state index contributed by atoms with van der Waals surface area (Å²) in [5, 5.41) is 0.405. The van der Waals surface area contributed by atoms with E-state index in [0.717, 1.165) is 5.56 Å². The monoisotopic (exact) mass is 242 g/mol. The van der Waals surface area contributed by atoms with Gasteiger partial charge in [-0.1, -0.05) is 18.5 Å². The van der Waals surface area contributed by atoms with E-state index < -0.39 is 0 Å². The first-order chi connectivity index (χ1) is 7.56. The summed E-state index contributed by atoms with van der Waals surface area (Å²) < 4.78 is 10.4. The number of Topliss-reactive ketones (excluding diaryl/α,β-unsaturated/α-hetero) is 1. The average molecular weight is 243 g/mol. The van der Waals surface area contributed by atoms with Gasteiger partial charge in [-0.15, -0.1) is 0 Å². The maximum absolute atomic E-state index is 11.5. The Bertz CT molecular complexity index is 413. The molecule has 0 saturated carbocycles. The average Bonchev–Trinajstić information content (AvgIpc) is 2.26. The number of ketones is 1. The van der Waals surface area contributed by atoms with Gasteiger partial charge in [-0.3, -0.25) is 4.79 Å². The Kier molecular flexibility index (Phi) is 4.19. The molecule has 0 fully saturated rings. The first kappa shape index (κ1) is 12.8. The minimum atomic E-state index is -0.0668. The number of halogens is 1. The molecule has 0 aliphatic carbocycles. The van der Waals surface area contributed by atoms with E-state index in [1.807, 2.05) is 6.92 Å². The van der Waals surface area contributed by atoms with Crippen LogP contribution in [-0.2, 0) is 6.42 Å². The lowest BCUT2D eigenvalue weighted by Gasteiger charge is -2.16. The molecule has 0 heterocycles. The Morgan fingerprint density at radius 3 is 2.38 bits per heavy atom. The number of hydrogen-bond donors (Lipinski definition) is 0. The van der Waals surface area contributed by atoms with E-state index in [4.69, 9.17) is 21.1 Å². The molecular formula is C12H15ClO3. The molecule has 0 aliphatic heterocycles. The number of carbonyl (C=O) groups excluding carboxylic acids is 1. The van der Waals surface area contributed by atoms with Crippen LogP contribution in [0.15, 0.2) is 6.07 Å². The van der Waals surface area contributed by atoms with Crippen molar-refractivity contribution < 1.29 is 14.3 Å². The normalized spacial score (nSPS) is 10.1. The highest BCUT2D eigenvalue weighted by Gasteiger charge is 2.19. The fourth-order valence-electron chi connectivity index (χ4n) is 1.75. The van der Waals surface area contributed by atoms with Crippen LogP contribution in [0.1, 0.15) is 29.8 Å². The molecule has 0 unspecified atom stereocenters. The van der Waals surface area contributed by atoms with Gasteiger partial charge in [-0.25, -0.2) is 0 Å². The molecule has 0 aliphatic rings. The minimum absolute atomic E-state index is 0.0668. The third kappa shape index (κ3) is 2.14. The number of hydrogen-bond acceptors (Lipinski definition) is 3. The molecule has 1 aromatic rings. The van der Waals surface area contributed by atoms with E-state index in [-0.39, 0.29) is 5.78 Å². The molecule has 0 amide bonds. The zero-order valence-electron chi connectivity index (χ0n) is 9.89. The fraction of sp³-hybridized carbons (Fsp3) is 0.417. The molecule has 16 heavy (non-hydrogen) atoms. The molecule has 3 nitrogen and oxygen atoms in total. The second-order valence-electron chi connectivity index (χ2n) is 3.36. The van der Waals surface area contributed by atoms with Gasteiger partial charge in [0.25, 0.3) is 0 Å². The van der Waals surface area contributed by atoms with Crippen molar-refractivity contribution in [3.05, 3.63) is 22.2 Å². The van der Waals surface area contributed by atoms with Crippen molar-refractivity contribution >= 4 is 17.4 Å². The van der Waals surface area contributed by atoms with Gasteiger partial charge in [-0.05, 0) is 13.3 Å². The van der Waals surface area contributed by atoms with Crippen LogP contribution < -0.4 is 9.47 Å². The van der Waals surface area contributed by atoms with E-state index in [1.54, 1.807) is 20.3 Å². The molecule has 88 valence electrons. The quantitative estimate of drug-likeness (QED) is 0.761. The Morgan fingerprint density at radius 1 is 1.38 bits per heavy atom. The lowest BCUT2D eigenvalue weighted by atomic mass is 10.0. The summed E-state index contributed by atoms with van der Waals surface area (Å²) in [6, 6.07) is 1.61. The number of rotatable bonds is 4. The van der Waals surface area contributed by atoms with Crippen LogP contribution in [0.4, 0.5) is 0 Å². The lowest BCUT2D eigenvalue weighted by Crippen LogP contribution is -2.04. The number of ether oxygens (including phenoxy) is 2. The Morgan fingerprint density at radius 2 is 2.00 bits per heavy atom. The summed E-state index contributed by atoms with van der Waals surface area (Å²) in [4.78, 5) is 11.5. The van der Waals surface area contributed by atoms with Gasteiger partial charge in [0.15, 0.2) is 17.3 Å². The minimum Gasteiger partial charge on any atom is -0.493 e. The maximum atomic E-state index is 11.5. The first-order valence-corrected chi connectivity index (χ1v) is 5.38. The molecule has 4 heteroatoms.